The average molecular weight is 314 g/mol. The first-order chi connectivity index (χ1) is 8.65. The van der Waals surface area contributed by atoms with Crippen LogP contribution in [0.5, 0.6) is 0 Å². The zero-order valence-corrected chi connectivity index (χ0v) is 12.5. The molecule has 0 amide bonds. The number of benzene rings is 1. The molecule has 1 aromatic rings. The molecule has 1 N–H and O–H groups in total. The Hall–Kier alpha value is -0.410. The van der Waals surface area contributed by atoms with Crippen LogP contribution >= 0.6 is 15.9 Å². The van der Waals surface area contributed by atoms with Crippen LogP contribution in [0, 0.1) is 17.7 Å². The third-order valence-electron chi connectivity index (χ3n) is 3.89. The van der Waals surface area contributed by atoms with Crippen molar-refractivity contribution in [2.75, 3.05) is 6.54 Å². The normalized spacial score (nSPS) is 24.2. The van der Waals surface area contributed by atoms with Gasteiger partial charge in [-0.25, -0.2) is 4.39 Å². The van der Waals surface area contributed by atoms with Gasteiger partial charge < -0.3 is 5.32 Å². The van der Waals surface area contributed by atoms with E-state index < -0.39 is 0 Å². The molecule has 3 heteroatoms. The molecular formula is C15H21BrFN. The maximum atomic E-state index is 13.5. The van der Waals surface area contributed by atoms with Gasteiger partial charge >= 0.3 is 0 Å². The highest BCUT2D eigenvalue weighted by Gasteiger charge is 2.17. The highest BCUT2D eigenvalue weighted by molar-refractivity contribution is 9.10. The smallest absolute Gasteiger partial charge is 0.127 e. The zero-order valence-electron chi connectivity index (χ0n) is 10.9. The number of halogens is 2. The predicted octanol–water partition coefficient (Wildman–Crippen LogP) is 4.50. The standard InChI is InChI=1S/C15H21BrFN/c1-11-2-4-12(5-3-11)9-18-10-13-8-14(16)6-7-15(13)17/h6-8,11-12,18H,2-5,9-10H2,1H3. The zero-order chi connectivity index (χ0) is 13.0. The van der Waals surface area contributed by atoms with E-state index in [2.05, 4.69) is 28.2 Å². The van der Waals surface area contributed by atoms with Crippen LogP contribution in [-0.2, 0) is 6.54 Å². The van der Waals surface area contributed by atoms with E-state index in [1.54, 1.807) is 6.07 Å². The number of hydrogen-bond acceptors (Lipinski definition) is 1. The van der Waals surface area contributed by atoms with Gasteiger partial charge in [-0.2, -0.15) is 0 Å². The van der Waals surface area contributed by atoms with Crippen molar-refractivity contribution in [3.8, 4) is 0 Å². The Balaban J connectivity index is 1.76. The van der Waals surface area contributed by atoms with E-state index >= 15 is 0 Å². The molecule has 0 spiro atoms. The molecule has 1 saturated carbocycles. The summed E-state index contributed by atoms with van der Waals surface area (Å²) < 4.78 is 14.5. The molecule has 0 aromatic heterocycles. The van der Waals surface area contributed by atoms with E-state index in [0.717, 1.165) is 28.4 Å². The molecule has 0 saturated heterocycles. The summed E-state index contributed by atoms with van der Waals surface area (Å²) in [5.74, 6) is 1.54. The van der Waals surface area contributed by atoms with Gasteiger partial charge in [-0.05, 0) is 49.4 Å². The summed E-state index contributed by atoms with van der Waals surface area (Å²) in [5.41, 5.74) is 0.744. The summed E-state index contributed by atoms with van der Waals surface area (Å²) in [6.07, 6.45) is 5.32. The SMILES string of the molecule is CC1CCC(CNCc2cc(Br)ccc2F)CC1. The third kappa shape index (κ3) is 4.06. The molecule has 0 radical (unpaired) electrons. The maximum absolute atomic E-state index is 13.5. The lowest BCUT2D eigenvalue weighted by atomic mass is 9.83. The predicted molar refractivity (Wildman–Crippen MR) is 76.9 cm³/mol. The molecule has 2 rings (SSSR count). The number of rotatable bonds is 4. The molecule has 1 aromatic carbocycles. The summed E-state index contributed by atoms with van der Waals surface area (Å²) in [7, 11) is 0. The quantitative estimate of drug-likeness (QED) is 0.862. The lowest BCUT2D eigenvalue weighted by molar-refractivity contribution is 0.281. The van der Waals surface area contributed by atoms with Gasteiger partial charge in [0.15, 0.2) is 0 Å². The largest absolute Gasteiger partial charge is 0.312 e. The van der Waals surface area contributed by atoms with Crippen molar-refractivity contribution in [1.29, 1.82) is 0 Å². The molecule has 0 atom stereocenters. The van der Waals surface area contributed by atoms with Crippen molar-refractivity contribution in [3.63, 3.8) is 0 Å². The Kier molecular flexibility index (Phi) is 5.19. The molecular weight excluding hydrogens is 293 g/mol. The Morgan fingerprint density at radius 1 is 1.28 bits per heavy atom. The van der Waals surface area contributed by atoms with Crippen LogP contribution in [0.1, 0.15) is 38.2 Å². The average Bonchev–Trinajstić information content (AvgIpc) is 2.36. The van der Waals surface area contributed by atoms with Crippen LogP contribution < -0.4 is 5.32 Å². The molecule has 0 aliphatic heterocycles. The van der Waals surface area contributed by atoms with Gasteiger partial charge in [0.1, 0.15) is 5.82 Å². The highest BCUT2D eigenvalue weighted by atomic mass is 79.9. The van der Waals surface area contributed by atoms with Crippen molar-refractivity contribution >= 4 is 15.9 Å². The number of hydrogen-bond donors (Lipinski definition) is 1. The molecule has 1 aliphatic carbocycles. The van der Waals surface area contributed by atoms with Crippen molar-refractivity contribution in [2.24, 2.45) is 11.8 Å². The molecule has 1 aliphatic rings. The van der Waals surface area contributed by atoms with Gasteiger partial charge in [-0.3, -0.25) is 0 Å². The van der Waals surface area contributed by atoms with Crippen molar-refractivity contribution in [2.45, 2.75) is 39.2 Å². The Bertz CT molecular complexity index is 386. The molecule has 1 fully saturated rings. The summed E-state index contributed by atoms with van der Waals surface area (Å²) in [5, 5.41) is 3.39. The summed E-state index contributed by atoms with van der Waals surface area (Å²) >= 11 is 3.38. The highest BCUT2D eigenvalue weighted by Crippen LogP contribution is 2.27. The fraction of sp³-hybridized carbons (Fsp3) is 0.600. The Morgan fingerprint density at radius 3 is 2.72 bits per heavy atom. The lowest BCUT2D eigenvalue weighted by Gasteiger charge is -2.26. The number of nitrogens with one attached hydrogen (secondary N) is 1. The minimum absolute atomic E-state index is 0.122. The van der Waals surface area contributed by atoms with Gasteiger partial charge in [0.25, 0.3) is 0 Å². The molecule has 0 heterocycles. The first kappa shape index (κ1) is 14.0. The summed E-state index contributed by atoms with van der Waals surface area (Å²) in [6, 6.07) is 5.11. The van der Waals surface area contributed by atoms with Gasteiger partial charge in [0, 0.05) is 16.6 Å². The van der Waals surface area contributed by atoms with Crippen LogP contribution in [0.3, 0.4) is 0 Å². The van der Waals surface area contributed by atoms with Gasteiger partial charge in [-0.15, -0.1) is 0 Å². The van der Waals surface area contributed by atoms with Gasteiger partial charge in [0.2, 0.25) is 0 Å². The first-order valence-corrected chi connectivity index (χ1v) is 7.59. The maximum Gasteiger partial charge on any atom is 0.127 e. The summed E-state index contributed by atoms with van der Waals surface area (Å²) in [6.45, 7) is 3.97. The van der Waals surface area contributed by atoms with Crippen LogP contribution in [0.4, 0.5) is 4.39 Å². The molecule has 18 heavy (non-hydrogen) atoms. The van der Waals surface area contributed by atoms with Crippen LogP contribution in [0.15, 0.2) is 22.7 Å². The summed E-state index contributed by atoms with van der Waals surface area (Å²) in [4.78, 5) is 0. The molecule has 1 nitrogen and oxygen atoms in total. The topological polar surface area (TPSA) is 12.0 Å². The van der Waals surface area contributed by atoms with Gasteiger partial charge in [0.05, 0.1) is 0 Å². The minimum Gasteiger partial charge on any atom is -0.312 e. The third-order valence-corrected chi connectivity index (χ3v) is 4.38. The monoisotopic (exact) mass is 313 g/mol. The second kappa shape index (κ2) is 6.67. The van der Waals surface area contributed by atoms with E-state index in [1.807, 2.05) is 6.07 Å². The lowest BCUT2D eigenvalue weighted by Crippen LogP contribution is -2.26. The van der Waals surface area contributed by atoms with Crippen molar-refractivity contribution in [1.82, 2.24) is 5.32 Å². The van der Waals surface area contributed by atoms with E-state index in [-0.39, 0.29) is 5.82 Å². The van der Waals surface area contributed by atoms with E-state index in [0.29, 0.717) is 6.54 Å². The first-order valence-electron chi connectivity index (χ1n) is 6.80. The fourth-order valence-electron chi connectivity index (χ4n) is 2.62. The Morgan fingerprint density at radius 2 is 2.00 bits per heavy atom. The van der Waals surface area contributed by atoms with Crippen molar-refractivity contribution in [3.05, 3.63) is 34.1 Å². The van der Waals surface area contributed by atoms with Crippen LogP contribution in [0.2, 0.25) is 0 Å². The van der Waals surface area contributed by atoms with E-state index in [1.165, 1.54) is 31.7 Å². The minimum atomic E-state index is -0.122. The molecule has 0 unspecified atom stereocenters. The second-order valence-electron chi connectivity index (χ2n) is 5.49. The molecule has 100 valence electrons. The second-order valence-corrected chi connectivity index (χ2v) is 6.41. The fourth-order valence-corrected chi connectivity index (χ4v) is 3.03. The van der Waals surface area contributed by atoms with Crippen LogP contribution in [0.25, 0.3) is 0 Å². The van der Waals surface area contributed by atoms with Crippen molar-refractivity contribution < 1.29 is 4.39 Å². The van der Waals surface area contributed by atoms with E-state index in [9.17, 15) is 4.39 Å². The van der Waals surface area contributed by atoms with E-state index in [4.69, 9.17) is 0 Å². The van der Waals surface area contributed by atoms with Gasteiger partial charge in [-0.1, -0.05) is 35.7 Å². The van der Waals surface area contributed by atoms with Crippen LogP contribution in [-0.4, -0.2) is 6.54 Å². The Labute approximate surface area is 117 Å². The molecule has 0 bridgehead atoms.